The molecule has 0 atom stereocenters. The number of hydrazone groups is 1. The number of rotatable bonds is 7. The summed E-state index contributed by atoms with van der Waals surface area (Å²) in [5.74, 6) is 2.28. The summed E-state index contributed by atoms with van der Waals surface area (Å²) in [6.45, 7) is 5.85. The topological polar surface area (TPSA) is 67.2 Å². The van der Waals surface area contributed by atoms with Crippen LogP contribution in [0.15, 0.2) is 58.6 Å². The number of nitrogens with zero attached hydrogens (tertiary/aromatic N) is 2. The lowest BCUT2D eigenvalue weighted by Gasteiger charge is -2.17. The standard InChI is InChI=1S/C23H28N4O2/c1-16(2)21(26-27-23-24-13-14-25-23)19(17-9-6-5-7-10-17)15-18-11-8-12-20(28-3)22(18)29-4/h5-12,15-16H,13-14H2,1-4H3,(H2,24,25,27)/b19-15-,26-21+. The van der Waals surface area contributed by atoms with Crippen LogP contribution in [-0.4, -0.2) is 39.0 Å². The van der Waals surface area contributed by atoms with E-state index in [4.69, 9.17) is 14.6 Å². The van der Waals surface area contributed by atoms with E-state index in [1.807, 2.05) is 36.4 Å². The zero-order chi connectivity index (χ0) is 20.6. The first-order valence-electron chi connectivity index (χ1n) is 9.74. The zero-order valence-corrected chi connectivity index (χ0v) is 17.4. The average Bonchev–Trinajstić information content (AvgIpc) is 3.26. The predicted molar refractivity (Wildman–Crippen MR) is 120 cm³/mol. The van der Waals surface area contributed by atoms with Crippen molar-refractivity contribution < 1.29 is 9.47 Å². The Kier molecular flexibility index (Phi) is 6.89. The van der Waals surface area contributed by atoms with Crippen molar-refractivity contribution in [3.8, 4) is 11.5 Å². The van der Waals surface area contributed by atoms with E-state index < -0.39 is 0 Å². The van der Waals surface area contributed by atoms with Gasteiger partial charge in [-0.1, -0.05) is 56.3 Å². The molecule has 2 N–H and O–H groups in total. The first kappa shape index (κ1) is 20.5. The van der Waals surface area contributed by atoms with E-state index in [-0.39, 0.29) is 5.92 Å². The number of para-hydroxylation sites is 1. The maximum absolute atomic E-state index is 5.63. The van der Waals surface area contributed by atoms with Gasteiger partial charge in [-0.2, -0.15) is 5.10 Å². The van der Waals surface area contributed by atoms with Crippen molar-refractivity contribution in [3.63, 3.8) is 0 Å². The summed E-state index contributed by atoms with van der Waals surface area (Å²) in [4.78, 5) is 4.36. The minimum Gasteiger partial charge on any atom is -0.493 e. The molecule has 0 aromatic heterocycles. The van der Waals surface area contributed by atoms with E-state index in [2.05, 4.69) is 47.8 Å². The molecule has 0 saturated carbocycles. The van der Waals surface area contributed by atoms with Crippen molar-refractivity contribution in [2.45, 2.75) is 13.8 Å². The van der Waals surface area contributed by atoms with Crippen molar-refractivity contribution >= 4 is 23.3 Å². The smallest absolute Gasteiger partial charge is 0.212 e. The number of aliphatic imine (C=N–C) groups is 1. The summed E-state index contributed by atoms with van der Waals surface area (Å²) in [5, 5.41) is 7.90. The SMILES string of the molecule is COc1cccc(/C=C(\C(=N\NC2=NCCN2)C(C)C)c2ccccc2)c1OC. The highest BCUT2D eigenvalue weighted by Gasteiger charge is 2.17. The first-order valence-corrected chi connectivity index (χ1v) is 9.74. The quantitative estimate of drug-likeness (QED) is 0.427. The molecule has 0 fully saturated rings. The van der Waals surface area contributed by atoms with Gasteiger partial charge in [0.1, 0.15) is 0 Å². The maximum Gasteiger partial charge on any atom is 0.212 e. The summed E-state index contributed by atoms with van der Waals surface area (Å²) in [6.07, 6.45) is 2.10. The Morgan fingerprint density at radius 3 is 2.52 bits per heavy atom. The van der Waals surface area contributed by atoms with Crippen LogP contribution in [0.4, 0.5) is 0 Å². The lowest BCUT2D eigenvalue weighted by atomic mass is 9.92. The van der Waals surface area contributed by atoms with E-state index in [0.29, 0.717) is 17.5 Å². The number of nitrogens with one attached hydrogen (secondary N) is 2. The Morgan fingerprint density at radius 2 is 1.90 bits per heavy atom. The largest absolute Gasteiger partial charge is 0.493 e. The molecule has 0 saturated heterocycles. The zero-order valence-electron chi connectivity index (χ0n) is 17.4. The third kappa shape index (κ3) is 4.96. The molecule has 2 aromatic rings. The van der Waals surface area contributed by atoms with Crippen LogP contribution in [-0.2, 0) is 0 Å². The molecule has 1 aliphatic rings. The molecule has 0 unspecified atom stereocenters. The Morgan fingerprint density at radius 1 is 1.10 bits per heavy atom. The van der Waals surface area contributed by atoms with Crippen LogP contribution in [0.2, 0.25) is 0 Å². The maximum atomic E-state index is 5.63. The number of allylic oxidation sites excluding steroid dienone is 1. The number of guanidine groups is 1. The van der Waals surface area contributed by atoms with Gasteiger partial charge >= 0.3 is 0 Å². The van der Waals surface area contributed by atoms with Gasteiger partial charge in [0.05, 0.1) is 26.5 Å². The number of ether oxygens (including phenoxy) is 2. The van der Waals surface area contributed by atoms with Crippen LogP contribution in [0.25, 0.3) is 11.6 Å². The van der Waals surface area contributed by atoms with Gasteiger partial charge in [0.2, 0.25) is 5.96 Å². The fourth-order valence-corrected chi connectivity index (χ4v) is 3.19. The second-order valence-corrected chi connectivity index (χ2v) is 6.93. The van der Waals surface area contributed by atoms with Gasteiger partial charge in [-0.15, -0.1) is 0 Å². The Balaban J connectivity index is 2.12. The van der Waals surface area contributed by atoms with E-state index >= 15 is 0 Å². The minimum absolute atomic E-state index is 0.188. The van der Waals surface area contributed by atoms with E-state index in [0.717, 1.165) is 35.5 Å². The first-order chi connectivity index (χ1) is 14.1. The van der Waals surface area contributed by atoms with Gasteiger partial charge in [0.15, 0.2) is 11.5 Å². The molecular weight excluding hydrogens is 364 g/mol. The van der Waals surface area contributed by atoms with Crippen molar-refractivity contribution in [3.05, 3.63) is 59.7 Å². The molecule has 3 rings (SSSR count). The second-order valence-electron chi connectivity index (χ2n) is 6.93. The van der Waals surface area contributed by atoms with Gasteiger partial charge < -0.3 is 14.8 Å². The highest BCUT2D eigenvalue weighted by atomic mass is 16.5. The van der Waals surface area contributed by atoms with Gasteiger partial charge in [0.25, 0.3) is 0 Å². The Hall–Kier alpha value is -3.28. The highest BCUT2D eigenvalue weighted by molar-refractivity contribution is 6.29. The van der Waals surface area contributed by atoms with Crippen LogP contribution in [0.5, 0.6) is 11.5 Å². The molecule has 29 heavy (non-hydrogen) atoms. The highest BCUT2D eigenvalue weighted by Crippen LogP contribution is 2.34. The summed E-state index contributed by atoms with van der Waals surface area (Å²) in [7, 11) is 3.30. The third-order valence-electron chi connectivity index (χ3n) is 4.60. The third-order valence-corrected chi connectivity index (χ3v) is 4.60. The monoisotopic (exact) mass is 392 g/mol. The Labute approximate surface area is 172 Å². The van der Waals surface area contributed by atoms with Crippen LogP contribution in [0, 0.1) is 5.92 Å². The lowest BCUT2D eigenvalue weighted by molar-refractivity contribution is 0.354. The van der Waals surface area contributed by atoms with E-state index in [1.54, 1.807) is 14.2 Å². The molecule has 2 aromatic carbocycles. The summed E-state index contributed by atoms with van der Waals surface area (Å²) >= 11 is 0. The summed E-state index contributed by atoms with van der Waals surface area (Å²) in [6, 6.07) is 16.1. The molecule has 0 radical (unpaired) electrons. The fraction of sp³-hybridized carbons (Fsp3) is 0.304. The second kappa shape index (κ2) is 9.78. The molecule has 6 nitrogen and oxygen atoms in total. The molecule has 1 heterocycles. The van der Waals surface area contributed by atoms with E-state index in [9.17, 15) is 0 Å². The summed E-state index contributed by atoms with van der Waals surface area (Å²) < 4.78 is 11.1. The Bertz CT molecular complexity index is 918. The normalized spacial score (nSPS) is 14.4. The van der Waals surface area contributed by atoms with Gasteiger partial charge in [-0.05, 0) is 23.6 Å². The lowest BCUT2D eigenvalue weighted by Crippen LogP contribution is -2.31. The molecule has 0 aliphatic carbocycles. The number of methoxy groups -OCH3 is 2. The van der Waals surface area contributed by atoms with Crippen LogP contribution in [0.3, 0.4) is 0 Å². The number of benzene rings is 2. The number of hydrogen-bond acceptors (Lipinski definition) is 6. The molecule has 1 aliphatic heterocycles. The van der Waals surface area contributed by atoms with Gasteiger partial charge in [0, 0.05) is 17.7 Å². The van der Waals surface area contributed by atoms with Crippen LogP contribution >= 0.6 is 0 Å². The van der Waals surface area contributed by atoms with Crippen molar-refractivity contribution in [2.24, 2.45) is 16.0 Å². The molecule has 152 valence electrons. The van der Waals surface area contributed by atoms with Crippen molar-refractivity contribution in [1.82, 2.24) is 10.7 Å². The molecule has 0 bridgehead atoms. The van der Waals surface area contributed by atoms with Crippen LogP contribution in [0.1, 0.15) is 25.0 Å². The van der Waals surface area contributed by atoms with Gasteiger partial charge in [-0.3, -0.25) is 0 Å². The summed E-state index contributed by atoms with van der Waals surface area (Å²) in [5.41, 5.74) is 7.02. The molecule has 6 heteroatoms. The van der Waals surface area contributed by atoms with E-state index in [1.165, 1.54) is 0 Å². The van der Waals surface area contributed by atoms with Gasteiger partial charge in [-0.25, -0.2) is 10.4 Å². The van der Waals surface area contributed by atoms with Crippen molar-refractivity contribution in [2.75, 3.05) is 27.3 Å². The van der Waals surface area contributed by atoms with Crippen LogP contribution < -0.4 is 20.2 Å². The average molecular weight is 393 g/mol. The predicted octanol–water partition coefficient (Wildman–Crippen LogP) is 3.81. The molecule has 0 amide bonds. The molecular formula is C23H28N4O2. The molecule has 0 spiro atoms. The van der Waals surface area contributed by atoms with Crippen molar-refractivity contribution in [1.29, 1.82) is 0 Å². The number of hydrogen-bond donors (Lipinski definition) is 2. The minimum atomic E-state index is 0.188. The fourth-order valence-electron chi connectivity index (χ4n) is 3.19.